The second kappa shape index (κ2) is 16.4. The van der Waals surface area contributed by atoms with E-state index in [4.69, 9.17) is 49.3 Å². The number of thiocarbonyl (C=S) groups is 3. The highest BCUT2D eigenvalue weighted by atomic mass is 32.2. The van der Waals surface area contributed by atoms with Gasteiger partial charge in [0.1, 0.15) is 4.87 Å². The molecule has 0 radical (unpaired) electrons. The molecule has 10 heteroatoms. The number of thiol groups is 1. The van der Waals surface area contributed by atoms with Gasteiger partial charge in [0.25, 0.3) is 0 Å². The predicted octanol–water partition coefficient (Wildman–Crippen LogP) is 7.66. The van der Waals surface area contributed by atoms with Crippen molar-refractivity contribution in [2.24, 2.45) is 10.8 Å². The van der Waals surface area contributed by atoms with Crippen LogP contribution in [-0.4, -0.2) is 102 Å². The first-order valence-electron chi connectivity index (χ1n) is 14.8. The summed E-state index contributed by atoms with van der Waals surface area (Å²) >= 11 is 26.3. The van der Waals surface area contributed by atoms with Crippen LogP contribution in [0.25, 0.3) is 0 Å². The van der Waals surface area contributed by atoms with Crippen molar-refractivity contribution >= 4 is 88.0 Å². The maximum Gasteiger partial charge on any atom is 0.176 e. The molecule has 2 saturated heterocycles. The number of thioether (sulfide) groups is 2. The van der Waals surface area contributed by atoms with Gasteiger partial charge in [0.05, 0.1) is 11.5 Å². The third-order valence-corrected chi connectivity index (χ3v) is 11.8. The van der Waals surface area contributed by atoms with Gasteiger partial charge >= 0.3 is 0 Å². The number of hydrogen-bond acceptors (Lipinski definition) is 6. The van der Waals surface area contributed by atoms with Crippen molar-refractivity contribution in [3.05, 3.63) is 0 Å². The van der Waals surface area contributed by atoms with E-state index in [0.29, 0.717) is 0 Å². The standard InChI is InChI=1S/C29H54N4S6/c1-8-30-16-13-24(34)32(25(30)35)21-27(3,4)14-10-17-38-19-12-20-39-18-11-15-28(5,6)22-33-26(36)31(9-2)23-29(33,7)37/h37H,8-23H2,1-7H3. The summed E-state index contributed by atoms with van der Waals surface area (Å²) in [5, 5.41) is 1.90. The van der Waals surface area contributed by atoms with Gasteiger partial charge in [0.15, 0.2) is 10.2 Å². The molecule has 39 heavy (non-hydrogen) atoms. The van der Waals surface area contributed by atoms with E-state index in [0.717, 1.165) is 60.9 Å². The van der Waals surface area contributed by atoms with Gasteiger partial charge in [-0.1, -0.05) is 39.9 Å². The van der Waals surface area contributed by atoms with E-state index in [-0.39, 0.29) is 15.7 Å². The molecule has 0 aromatic heterocycles. The van der Waals surface area contributed by atoms with Crippen LogP contribution in [0, 0.1) is 10.8 Å². The van der Waals surface area contributed by atoms with Crippen LogP contribution in [0.5, 0.6) is 0 Å². The Bertz CT molecular complexity index is 816. The predicted molar refractivity (Wildman–Crippen MR) is 193 cm³/mol. The SMILES string of the molecule is CCN1CCC(=S)N(CC(C)(C)CCCSCCCSCCCC(C)(C)CN2C(=S)N(CC)CC2(C)S)C1=S. The summed E-state index contributed by atoms with van der Waals surface area (Å²) in [5.74, 6) is 5.04. The molecule has 2 aliphatic rings. The first-order valence-corrected chi connectivity index (χ1v) is 18.7. The fourth-order valence-corrected chi connectivity index (χ4v) is 8.89. The highest BCUT2D eigenvalue weighted by Gasteiger charge is 2.42. The lowest BCUT2D eigenvalue weighted by Gasteiger charge is -2.42. The Balaban J connectivity index is 1.53. The molecule has 0 aliphatic carbocycles. The van der Waals surface area contributed by atoms with Crippen LogP contribution < -0.4 is 0 Å². The molecule has 0 bridgehead atoms. The lowest BCUT2D eigenvalue weighted by Crippen LogP contribution is -2.53. The van der Waals surface area contributed by atoms with Gasteiger partial charge in [-0.15, -0.1) is 12.6 Å². The fourth-order valence-electron chi connectivity index (χ4n) is 5.35. The van der Waals surface area contributed by atoms with Crippen molar-refractivity contribution in [3.63, 3.8) is 0 Å². The molecule has 4 nitrogen and oxygen atoms in total. The quantitative estimate of drug-likeness (QED) is 0.0904. The molecule has 226 valence electrons. The number of likely N-dealkylation sites (N-methyl/N-ethyl adjacent to an activating group) is 1. The topological polar surface area (TPSA) is 13.0 Å². The van der Waals surface area contributed by atoms with Crippen LogP contribution in [-0.2, 0) is 0 Å². The van der Waals surface area contributed by atoms with Crippen LogP contribution in [0.4, 0.5) is 0 Å². The van der Waals surface area contributed by atoms with Crippen molar-refractivity contribution in [2.45, 2.75) is 91.9 Å². The first-order chi connectivity index (χ1) is 18.2. The first kappa shape index (κ1) is 35.7. The lowest BCUT2D eigenvalue weighted by molar-refractivity contribution is 0.207. The zero-order valence-electron chi connectivity index (χ0n) is 25.6. The second-order valence-electron chi connectivity index (χ2n) is 12.8. The van der Waals surface area contributed by atoms with Crippen LogP contribution in [0.2, 0.25) is 0 Å². The summed E-state index contributed by atoms with van der Waals surface area (Å²) in [6.07, 6.45) is 7.21. The van der Waals surface area contributed by atoms with E-state index in [1.165, 1.54) is 55.1 Å². The molecule has 0 aromatic rings. The van der Waals surface area contributed by atoms with Crippen molar-refractivity contribution in [1.82, 2.24) is 19.6 Å². The zero-order valence-corrected chi connectivity index (χ0v) is 30.6. The van der Waals surface area contributed by atoms with Crippen molar-refractivity contribution < 1.29 is 0 Å². The Morgan fingerprint density at radius 3 is 1.82 bits per heavy atom. The van der Waals surface area contributed by atoms with Crippen molar-refractivity contribution in [3.8, 4) is 0 Å². The average Bonchev–Trinajstić information content (AvgIpc) is 3.07. The molecule has 0 spiro atoms. The molecule has 2 fully saturated rings. The molecule has 1 unspecified atom stereocenters. The molecule has 2 heterocycles. The summed E-state index contributed by atoms with van der Waals surface area (Å²) in [7, 11) is 0. The molecule has 0 N–H and O–H groups in total. The largest absolute Gasteiger partial charge is 0.349 e. The van der Waals surface area contributed by atoms with E-state index in [1.54, 1.807) is 0 Å². The van der Waals surface area contributed by atoms with E-state index >= 15 is 0 Å². The molecular weight excluding hydrogens is 597 g/mol. The Morgan fingerprint density at radius 1 is 0.795 bits per heavy atom. The molecule has 0 aromatic carbocycles. The maximum absolute atomic E-state index is 5.75. The minimum absolute atomic E-state index is 0.169. The second-order valence-corrected chi connectivity index (χ2v) is 17.4. The van der Waals surface area contributed by atoms with Gasteiger partial charge in [-0.05, 0) is 111 Å². The number of rotatable bonds is 18. The summed E-state index contributed by atoms with van der Waals surface area (Å²) in [6, 6.07) is 0. The molecule has 1 atom stereocenters. The Labute approximate surface area is 270 Å². The van der Waals surface area contributed by atoms with Crippen LogP contribution in [0.3, 0.4) is 0 Å². The average molecular weight is 651 g/mol. The molecule has 0 amide bonds. The Morgan fingerprint density at radius 2 is 1.31 bits per heavy atom. The number of hydrogen-bond donors (Lipinski definition) is 1. The minimum atomic E-state index is -0.169. The molecule has 0 saturated carbocycles. The van der Waals surface area contributed by atoms with Gasteiger partial charge in [0.2, 0.25) is 0 Å². The van der Waals surface area contributed by atoms with Gasteiger partial charge in [0, 0.05) is 39.1 Å². The maximum atomic E-state index is 5.75. The van der Waals surface area contributed by atoms with E-state index in [2.05, 4.69) is 91.6 Å². The van der Waals surface area contributed by atoms with Crippen molar-refractivity contribution in [2.75, 3.05) is 62.3 Å². The Hall–Kier alpha value is 0.520. The van der Waals surface area contributed by atoms with E-state index in [9.17, 15) is 0 Å². The highest BCUT2D eigenvalue weighted by Crippen LogP contribution is 2.35. The van der Waals surface area contributed by atoms with Gasteiger partial charge in [-0.2, -0.15) is 23.5 Å². The third kappa shape index (κ3) is 11.6. The third-order valence-electron chi connectivity index (χ3n) is 7.77. The van der Waals surface area contributed by atoms with E-state index < -0.39 is 0 Å². The fraction of sp³-hybridized carbons (Fsp3) is 0.897. The Kier molecular flexibility index (Phi) is 15.0. The van der Waals surface area contributed by atoms with Crippen LogP contribution in [0.1, 0.15) is 87.0 Å². The zero-order chi connectivity index (χ0) is 29.3. The van der Waals surface area contributed by atoms with Gasteiger partial charge in [-0.25, -0.2) is 0 Å². The summed E-state index contributed by atoms with van der Waals surface area (Å²) in [5.41, 5.74) is 0.455. The van der Waals surface area contributed by atoms with Gasteiger partial charge in [-0.3, -0.25) is 0 Å². The molecule has 2 rings (SSSR count). The summed E-state index contributed by atoms with van der Waals surface area (Å²) in [6.45, 7) is 21.8. The smallest absolute Gasteiger partial charge is 0.176 e. The van der Waals surface area contributed by atoms with E-state index in [1.807, 2.05) is 0 Å². The van der Waals surface area contributed by atoms with Crippen LogP contribution >= 0.6 is 72.8 Å². The van der Waals surface area contributed by atoms with Crippen molar-refractivity contribution in [1.29, 1.82) is 0 Å². The van der Waals surface area contributed by atoms with Gasteiger partial charge < -0.3 is 19.6 Å². The summed E-state index contributed by atoms with van der Waals surface area (Å²) in [4.78, 5) is 9.97. The molecular formula is C29H54N4S6. The normalized spacial score (nSPS) is 21.1. The summed E-state index contributed by atoms with van der Waals surface area (Å²) < 4.78 is 0. The number of nitrogens with zero attached hydrogens (tertiary/aromatic N) is 4. The monoisotopic (exact) mass is 650 g/mol. The highest BCUT2D eigenvalue weighted by molar-refractivity contribution is 8.00. The minimum Gasteiger partial charge on any atom is -0.349 e. The molecule has 2 aliphatic heterocycles. The lowest BCUT2D eigenvalue weighted by atomic mass is 9.87. The van der Waals surface area contributed by atoms with Crippen LogP contribution in [0.15, 0.2) is 0 Å².